The molecule has 0 amide bonds. The summed E-state index contributed by atoms with van der Waals surface area (Å²) in [4.78, 5) is 30.1. The minimum atomic E-state index is -0.887. The van der Waals surface area contributed by atoms with Crippen molar-refractivity contribution in [1.29, 1.82) is 0 Å². The number of aliphatic hydroxyl groups is 2. The summed E-state index contributed by atoms with van der Waals surface area (Å²) in [5, 5.41) is 18.9. The van der Waals surface area contributed by atoms with Crippen LogP contribution in [-0.4, -0.2) is 43.6 Å². The number of aromatic amines is 1. The van der Waals surface area contributed by atoms with Gasteiger partial charge >= 0.3 is 5.69 Å². The molecule has 0 saturated carbocycles. The largest absolute Gasteiger partial charge is 0.394 e. The molecule has 0 aromatic carbocycles. The van der Waals surface area contributed by atoms with E-state index in [-0.39, 0.29) is 18.6 Å². The SMILES string of the molecule is O=c1[nH]c(=O)n([C@H]2C[C@H](O)[C@@H](CO)O2)cc1C#Cc1ccccn1. The van der Waals surface area contributed by atoms with Gasteiger partial charge in [0.1, 0.15) is 23.6 Å². The summed E-state index contributed by atoms with van der Waals surface area (Å²) in [7, 11) is 0. The number of aliphatic hydroxyl groups excluding tert-OH is 2. The van der Waals surface area contributed by atoms with E-state index in [1.807, 2.05) is 0 Å². The maximum Gasteiger partial charge on any atom is 0.330 e. The molecule has 3 rings (SSSR count). The highest BCUT2D eigenvalue weighted by atomic mass is 16.5. The van der Waals surface area contributed by atoms with E-state index in [2.05, 4.69) is 21.8 Å². The molecule has 0 aliphatic carbocycles. The molecule has 2 aromatic heterocycles. The average Bonchev–Trinajstić information content (AvgIpc) is 2.95. The third-order valence-electron chi connectivity index (χ3n) is 3.65. The first-order valence-electron chi connectivity index (χ1n) is 7.31. The van der Waals surface area contributed by atoms with Crippen molar-refractivity contribution in [3.05, 3.63) is 62.7 Å². The highest BCUT2D eigenvalue weighted by molar-refractivity contribution is 5.37. The number of nitrogens with zero attached hydrogens (tertiary/aromatic N) is 2. The maximum atomic E-state index is 12.0. The summed E-state index contributed by atoms with van der Waals surface area (Å²) in [5.41, 5.74) is -0.718. The molecular weight excluding hydrogens is 314 g/mol. The highest BCUT2D eigenvalue weighted by Crippen LogP contribution is 2.27. The molecule has 8 heteroatoms. The molecule has 8 nitrogen and oxygen atoms in total. The van der Waals surface area contributed by atoms with Crippen LogP contribution in [0.15, 0.2) is 40.2 Å². The van der Waals surface area contributed by atoms with Gasteiger partial charge in [0.15, 0.2) is 0 Å². The van der Waals surface area contributed by atoms with Gasteiger partial charge in [0.25, 0.3) is 5.56 Å². The zero-order valence-electron chi connectivity index (χ0n) is 12.5. The van der Waals surface area contributed by atoms with Crippen molar-refractivity contribution in [1.82, 2.24) is 14.5 Å². The van der Waals surface area contributed by atoms with Gasteiger partial charge in [0.05, 0.1) is 12.7 Å². The maximum absolute atomic E-state index is 12.0. The van der Waals surface area contributed by atoms with Crippen LogP contribution in [0.5, 0.6) is 0 Å². The summed E-state index contributed by atoms with van der Waals surface area (Å²) in [6.07, 6.45) is 0.562. The lowest BCUT2D eigenvalue weighted by Gasteiger charge is -2.14. The van der Waals surface area contributed by atoms with Crippen LogP contribution < -0.4 is 11.2 Å². The Morgan fingerprint density at radius 1 is 1.38 bits per heavy atom. The summed E-state index contributed by atoms with van der Waals surface area (Å²) < 4.78 is 6.58. The van der Waals surface area contributed by atoms with Crippen molar-refractivity contribution in [3.8, 4) is 11.8 Å². The summed E-state index contributed by atoms with van der Waals surface area (Å²) in [6, 6.07) is 5.21. The predicted molar refractivity (Wildman–Crippen MR) is 83.2 cm³/mol. The molecule has 1 saturated heterocycles. The zero-order chi connectivity index (χ0) is 17.1. The molecule has 3 heterocycles. The van der Waals surface area contributed by atoms with Crippen LogP contribution in [0.4, 0.5) is 0 Å². The van der Waals surface area contributed by atoms with Gasteiger partial charge in [-0.1, -0.05) is 12.0 Å². The molecule has 0 spiro atoms. The van der Waals surface area contributed by atoms with Crippen molar-refractivity contribution < 1.29 is 14.9 Å². The minimum Gasteiger partial charge on any atom is -0.394 e. The Morgan fingerprint density at radius 2 is 2.21 bits per heavy atom. The van der Waals surface area contributed by atoms with Crippen LogP contribution in [0.25, 0.3) is 0 Å². The lowest BCUT2D eigenvalue weighted by Crippen LogP contribution is -2.33. The number of pyridine rings is 1. The molecule has 2 aromatic rings. The topological polar surface area (TPSA) is 117 Å². The number of ether oxygens (including phenoxy) is 1. The van der Waals surface area contributed by atoms with E-state index in [9.17, 15) is 14.7 Å². The highest BCUT2D eigenvalue weighted by Gasteiger charge is 2.35. The number of rotatable bonds is 2. The van der Waals surface area contributed by atoms with Crippen LogP contribution in [-0.2, 0) is 4.74 Å². The van der Waals surface area contributed by atoms with Crippen LogP contribution in [0.3, 0.4) is 0 Å². The molecule has 124 valence electrons. The monoisotopic (exact) mass is 329 g/mol. The number of hydrogen-bond acceptors (Lipinski definition) is 6. The quantitative estimate of drug-likeness (QED) is 0.607. The number of aromatic nitrogens is 3. The van der Waals surface area contributed by atoms with E-state index in [0.29, 0.717) is 5.69 Å². The van der Waals surface area contributed by atoms with Crippen molar-refractivity contribution in [3.63, 3.8) is 0 Å². The zero-order valence-corrected chi connectivity index (χ0v) is 12.5. The summed E-state index contributed by atoms with van der Waals surface area (Å²) in [5.74, 6) is 5.41. The van der Waals surface area contributed by atoms with Gasteiger partial charge in [-0.15, -0.1) is 0 Å². The molecule has 0 bridgehead atoms. The number of H-pyrrole nitrogens is 1. The molecule has 0 radical (unpaired) electrons. The first kappa shape index (κ1) is 16.1. The van der Waals surface area contributed by atoms with Gasteiger partial charge in [-0.3, -0.25) is 14.3 Å². The van der Waals surface area contributed by atoms with Gasteiger partial charge in [-0.2, -0.15) is 0 Å². The molecule has 1 fully saturated rings. The van der Waals surface area contributed by atoms with Crippen LogP contribution >= 0.6 is 0 Å². The number of nitrogens with one attached hydrogen (secondary N) is 1. The van der Waals surface area contributed by atoms with Gasteiger partial charge < -0.3 is 14.9 Å². The Labute approximate surface area is 136 Å². The molecule has 24 heavy (non-hydrogen) atoms. The Balaban J connectivity index is 1.94. The summed E-state index contributed by atoms with van der Waals surface area (Å²) >= 11 is 0. The van der Waals surface area contributed by atoms with Crippen LogP contribution in [0, 0.1) is 11.8 Å². The fourth-order valence-corrected chi connectivity index (χ4v) is 2.41. The van der Waals surface area contributed by atoms with E-state index in [0.717, 1.165) is 4.57 Å². The Hall–Kier alpha value is -2.73. The van der Waals surface area contributed by atoms with Gasteiger partial charge in [0, 0.05) is 18.8 Å². The second kappa shape index (κ2) is 6.80. The van der Waals surface area contributed by atoms with E-state index < -0.39 is 29.7 Å². The Morgan fingerprint density at radius 3 is 2.88 bits per heavy atom. The van der Waals surface area contributed by atoms with Crippen LogP contribution in [0.1, 0.15) is 23.9 Å². The lowest BCUT2D eigenvalue weighted by atomic mass is 10.2. The third kappa shape index (κ3) is 3.28. The second-order valence-corrected chi connectivity index (χ2v) is 5.29. The first-order chi connectivity index (χ1) is 11.6. The molecule has 0 unspecified atom stereocenters. The van der Waals surface area contributed by atoms with Gasteiger partial charge in [-0.25, -0.2) is 9.78 Å². The molecule has 3 N–H and O–H groups in total. The van der Waals surface area contributed by atoms with Crippen LogP contribution in [0.2, 0.25) is 0 Å². The third-order valence-corrected chi connectivity index (χ3v) is 3.65. The molecule has 3 atom stereocenters. The Bertz CT molecular complexity index is 894. The normalized spacial score (nSPS) is 22.8. The fraction of sp³-hybridized carbons (Fsp3) is 0.312. The van der Waals surface area contributed by atoms with E-state index in [1.165, 1.54) is 6.20 Å². The molecule has 1 aliphatic rings. The molecule has 1 aliphatic heterocycles. The van der Waals surface area contributed by atoms with E-state index >= 15 is 0 Å². The van der Waals surface area contributed by atoms with Gasteiger partial charge in [0.2, 0.25) is 0 Å². The first-order valence-corrected chi connectivity index (χ1v) is 7.31. The summed E-state index contributed by atoms with van der Waals surface area (Å²) in [6.45, 7) is -0.359. The van der Waals surface area contributed by atoms with Crippen molar-refractivity contribution in [2.45, 2.75) is 24.9 Å². The average molecular weight is 329 g/mol. The number of hydrogen-bond donors (Lipinski definition) is 3. The van der Waals surface area contributed by atoms with Crippen molar-refractivity contribution in [2.24, 2.45) is 0 Å². The Kier molecular flexibility index (Phi) is 4.57. The minimum absolute atomic E-state index is 0.0748. The second-order valence-electron chi connectivity index (χ2n) is 5.29. The van der Waals surface area contributed by atoms with Crippen molar-refractivity contribution >= 4 is 0 Å². The van der Waals surface area contributed by atoms with E-state index in [4.69, 9.17) is 9.84 Å². The predicted octanol–water partition coefficient (Wildman–Crippen LogP) is -1.03. The van der Waals surface area contributed by atoms with E-state index in [1.54, 1.807) is 24.4 Å². The molecular formula is C16H15N3O5. The van der Waals surface area contributed by atoms with Gasteiger partial charge in [-0.05, 0) is 18.1 Å². The lowest BCUT2D eigenvalue weighted by molar-refractivity contribution is -0.0459. The fourth-order valence-electron chi connectivity index (χ4n) is 2.41. The van der Waals surface area contributed by atoms with Crippen molar-refractivity contribution in [2.75, 3.05) is 6.61 Å². The smallest absolute Gasteiger partial charge is 0.330 e. The standard InChI is InChI=1S/C16H15N3O5/c20-9-13-12(21)7-14(24-13)19-8-10(15(22)18-16(19)23)4-5-11-3-1-2-6-17-11/h1-3,6,8,12-14,20-21H,7,9H2,(H,18,22,23)/t12-,13+,14+/m0/s1.